The van der Waals surface area contributed by atoms with E-state index in [0.29, 0.717) is 49.3 Å². The number of anilines is 2. The van der Waals surface area contributed by atoms with E-state index in [1.165, 1.54) is 28.2 Å². The Kier molecular flexibility index (Phi) is 12.1. The van der Waals surface area contributed by atoms with Gasteiger partial charge in [-0.1, -0.05) is 76.9 Å². The Bertz CT molecular complexity index is 2310. The summed E-state index contributed by atoms with van der Waals surface area (Å²) in [5.41, 5.74) is 4.07. The zero-order valence-electron chi connectivity index (χ0n) is 32.9. The van der Waals surface area contributed by atoms with Gasteiger partial charge < -0.3 is 10.6 Å². The van der Waals surface area contributed by atoms with E-state index >= 15 is 0 Å². The molecular weight excluding hydrogens is 755 g/mol. The van der Waals surface area contributed by atoms with Crippen LogP contribution in [0.4, 0.5) is 11.4 Å². The normalized spacial score (nSPS) is 12.8. The molecule has 0 aliphatic carbocycles. The number of imidazole rings is 1. The van der Waals surface area contributed by atoms with Crippen LogP contribution in [0.15, 0.2) is 61.6 Å². The first-order chi connectivity index (χ1) is 26.2. The van der Waals surface area contributed by atoms with Gasteiger partial charge in [0.05, 0.1) is 50.7 Å². The van der Waals surface area contributed by atoms with Crippen molar-refractivity contribution in [3.8, 4) is 0 Å². The molecule has 0 radical (unpaired) electrons. The Hall–Kier alpha value is -5.60. The van der Waals surface area contributed by atoms with Crippen LogP contribution in [-0.2, 0) is 19.2 Å². The van der Waals surface area contributed by atoms with Gasteiger partial charge in [-0.2, -0.15) is 5.10 Å². The molecule has 4 heterocycles. The molecule has 0 saturated carbocycles. The highest BCUT2D eigenvalue weighted by molar-refractivity contribution is 6.34. The molecule has 16 heteroatoms. The van der Waals surface area contributed by atoms with Crippen molar-refractivity contribution in [1.29, 1.82) is 0 Å². The number of fused-ring (bicyclic) bond motifs is 2. The van der Waals surface area contributed by atoms with Gasteiger partial charge in [0.2, 0.25) is 0 Å². The molecule has 292 valence electrons. The van der Waals surface area contributed by atoms with Crippen molar-refractivity contribution in [2.45, 2.75) is 81.3 Å². The van der Waals surface area contributed by atoms with Gasteiger partial charge in [-0.25, -0.2) is 29.6 Å². The standard InChI is InChI=1S/2C20H22ClN5O2/c1-11-6-7-14(21)15(8-11)25-19(28)16(17(27)20(3,4)5)26-18-13(9-24-26)12(2)22-10-23-18;1-11-6-7-13(21)14(8-11)25-19(28)16(17(27)20(3,4)5)26-10-24-15-12(2)22-9-23-18(15)26/h2*6-10,16H,1-5H3,(H,25,28). The van der Waals surface area contributed by atoms with Crippen molar-refractivity contribution >= 4 is 80.2 Å². The topological polar surface area (TPSA) is 180 Å². The molecule has 56 heavy (non-hydrogen) atoms. The summed E-state index contributed by atoms with van der Waals surface area (Å²) >= 11 is 12.4. The Labute approximate surface area is 334 Å². The maximum atomic E-state index is 13.2. The molecule has 2 aromatic carbocycles. The Morgan fingerprint density at radius 3 is 1.66 bits per heavy atom. The van der Waals surface area contributed by atoms with Crippen molar-refractivity contribution in [2.75, 3.05) is 10.6 Å². The first kappa shape index (κ1) is 41.6. The fourth-order valence-corrected chi connectivity index (χ4v) is 6.06. The second kappa shape index (κ2) is 16.2. The van der Waals surface area contributed by atoms with Crippen LogP contribution in [0.1, 0.15) is 76.1 Å². The summed E-state index contributed by atoms with van der Waals surface area (Å²) in [6.45, 7) is 18.0. The highest BCUT2D eigenvalue weighted by Gasteiger charge is 2.39. The fourth-order valence-electron chi connectivity index (χ4n) is 5.73. The lowest BCUT2D eigenvalue weighted by Crippen LogP contribution is -2.39. The largest absolute Gasteiger partial charge is 0.323 e. The highest BCUT2D eigenvalue weighted by atomic mass is 35.5. The van der Waals surface area contributed by atoms with Crippen molar-refractivity contribution in [3.63, 3.8) is 0 Å². The van der Waals surface area contributed by atoms with Crippen LogP contribution in [0.2, 0.25) is 10.0 Å². The van der Waals surface area contributed by atoms with Gasteiger partial charge in [0.15, 0.2) is 34.9 Å². The number of carbonyl (C=O) groups excluding carboxylic acids is 4. The molecule has 6 rings (SSSR count). The average molecular weight is 800 g/mol. The summed E-state index contributed by atoms with van der Waals surface area (Å²) in [4.78, 5) is 73.8. The van der Waals surface area contributed by atoms with Gasteiger partial charge in [0, 0.05) is 10.8 Å². The minimum Gasteiger partial charge on any atom is -0.323 e. The Morgan fingerprint density at radius 2 is 1.12 bits per heavy atom. The van der Waals surface area contributed by atoms with E-state index in [2.05, 4.69) is 40.7 Å². The summed E-state index contributed by atoms with van der Waals surface area (Å²) in [5.74, 6) is -1.56. The lowest BCUT2D eigenvalue weighted by atomic mass is 9.86. The number of carbonyl (C=O) groups is 4. The number of benzene rings is 2. The third kappa shape index (κ3) is 8.92. The van der Waals surface area contributed by atoms with Crippen molar-refractivity contribution in [2.24, 2.45) is 10.8 Å². The fraction of sp³-hybridized carbons (Fsp3) is 0.350. The molecule has 0 fully saturated rings. The summed E-state index contributed by atoms with van der Waals surface area (Å²) in [7, 11) is 0. The zero-order valence-corrected chi connectivity index (χ0v) is 34.4. The van der Waals surface area contributed by atoms with Gasteiger partial charge >= 0.3 is 0 Å². The smallest absolute Gasteiger partial charge is 0.257 e. The van der Waals surface area contributed by atoms with E-state index in [1.54, 1.807) is 78.9 Å². The van der Waals surface area contributed by atoms with Crippen molar-refractivity contribution in [3.05, 3.63) is 94.1 Å². The van der Waals surface area contributed by atoms with E-state index < -0.39 is 34.7 Å². The molecule has 2 amide bonds. The predicted octanol–water partition coefficient (Wildman–Crippen LogP) is 7.78. The predicted molar refractivity (Wildman–Crippen MR) is 217 cm³/mol. The number of rotatable bonds is 8. The number of hydrogen-bond acceptors (Lipinski definition) is 10. The number of nitrogens with zero attached hydrogens (tertiary/aromatic N) is 8. The SMILES string of the molecule is Cc1ccc(Cl)c(NC(=O)C(C(=O)C(C)(C)C)n2cnc3c(C)ncnc32)c1.Cc1ccc(Cl)c(NC(=O)C(C(=O)C(C)(C)C)n2ncc3c(C)ncnc32)c1. The van der Waals surface area contributed by atoms with Crippen molar-refractivity contribution < 1.29 is 19.2 Å². The van der Waals surface area contributed by atoms with E-state index in [0.717, 1.165) is 16.8 Å². The quantitative estimate of drug-likeness (QED) is 0.144. The summed E-state index contributed by atoms with van der Waals surface area (Å²) < 4.78 is 2.85. The maximum absolute atomic E-state index is 13.2. The number of hydrogen-bond donors (Lipinski definition) is 2. The average Bonchev–Trinajstić information content (AvgIpc) is 3.74. The van der Waals surface area contributed by atoms with E-state index in [9.17, 15) is 19.2 Å². The molecule has 0 aliphatic heterocycles. The third-order valence-electron chi connectivity index (χ3n) is 8.89. The first-order valence-electron chi connectivity index (χ1n) is 17.7. The molecule has 0 aliphatic rings. The minimum atomic E-state index is -1.19. The molecular formula is C40H44Cl2N10O4. The number of aryl methyl sites for hydroxylation is 4. The summed E-state index contributed by atoms with van der Waals surface area (Å²) in [6, 6.07) is 8.28. The van der Waals surface area contributed by atoms with Crippen molar-refractivity contribution in [1.82, 2.24) is 39.3 Å². The Balaban J connectivity index is 0.000000214. The zero-order chi connectivity index (χ0) is 41.3. The molecule has 2 unspecified atom stereocenters. The third-order valence-corrected chi connectivity index (χ3v) is 9.55. The molecule has 0 saturated heterocycles. The number of Topliss-reactive ketones (excluding diaryl/α,β-unsaturated/α-hetero) is 2. The monoisotopic (exact) mass is 798 g/mol. The number of amides is 2. The second-order valence-corrected chi connectivity index (χ2v) is 16.4. The highest BCUT2D eigenvalue weighted by Crippen LogP contribution is 2.31. The van der Waals surface area contributed by atoms with Crippen LogP contribution < -0.4 is 10.6 Å². The molecule has 0 spiro atoms. The van der Waals surface area contributed by atoms with Gasteiger partial charge in [0.25, 0.3) is 11.8 Å². The van der Waals surface area contributed by atoms with E-state index in [1.807, 2.05) is 32.9 Å². The van der Waals surface area contributed by atoms with Gasteiger partial charge in [-0.15, -0.1) is 0 Å². The maximum Gasteiger partial charge on any atom is 0.257 e. The van der Waals surface area contributed by atoms with Crippen LogP contribution >= 0.6 is 23.2 Å². The van der Waals surface area contributed by atoms with E-state index in [4.69, 9.17) is 23.2 Å². The molecule has 2 N–H and O–H groups in total. The molecule has 6 aromatic rings. The second-order valence-electron chi connectivity index (χ2n) is 15.5. The van der Waals surface area contributed by atoms with Gasteiger partial charge in [-0.3, -0.25) is 23.7 Å². The summed E-state index contributed by atoms with van der Waals surface area (Å²) in [6.07, 6.45) is 5.81. The minimum absolute atomic E-state index is 0.260. The van der Waals surface area contributed by atoms with Gasteiger partial charge in [-0.05, 0) is 63.1 Å². The number of halogens is 2. The van der Waals surface area contributed by atoms with E-state index in [-0.39, 0.29) is 11.6 Å². The molecule has 14 nitrogen and oxygen atoms in total. The van der Waals surface area contributed by atoms with Crippen LogP contribution in [0, 0.1) is 38.5 Å². The first-order valence-corrected chi connectivity index (χ1v) is 18.5. The number of aromatic nitrogens is 8. The lowest BCUT2D eigenvalue weighted by Gasteiger charge is -2.25. The summed E-state index contributed by atoms with van der Waals surface area (Å²) in [5, 5.41) is 11.3. The number of ketones is 2. The van der Waals surface area contributed by atoms with Crippen LogP contribution in [-0.4, -0.2) is 62.6 Å². The number of nitrogens with one attached hydrogen (secondary N) is 2. The van der Waals surface area contributed by atoms with Gasteiger partial charge in [0.1, 0.15) is 18.2 Å². The molecule has 4 aromatic heterocycles. The van der Waals surface area contributed by atoms with Crippen LogP contribution in [0.25, 0.3) is 22.2 Å². The molecule has 2 atom stereocenters. The lowest BCUT2D eigenvalue weighted by molar-refractivity contribution is -0.137. The Morgan fingerprint density at radius 1 is 0.643 bits per heavy atom. The molecule has 0 bridgehead atoms. The van der Waals surface area contributed by atoms with Crippen LogP contribution in [0.5, 0.6) is 0 Å². The van der Waals surface area contributed by atoms with Crippen LogP contribution in [0.3, 0.4) is 0 Å².